The first-order chi connectivity index (χ1) is 7.72. The summed E-state index contributed by atoms with van der Waals surface area (Å²) in [4.78, 5) is 0. The molecule has 1 aliphatic rings. The van der Waals surface area contributed by atoms with Gasteiger partial charge in [-0.1, -0.05) is 25.7 Å². The molecule has 1 aromatic rings. The zero-order chi connectivity index (χ0) is 11.4. The molecule has 0 bridgehead atoms. The predicted molar refractivity (Wildman–Crippen MR) is 64.3 cm³/mol. The predicted octanol–water partition coefficient (Wildman–Crippen LogP) is 2.53. The third-order valence-corrected chi connectivity index (χ3v) is 3.58. The van der Waals surface area contributed by atoms with E-state index in [9.17, 15) is 5.11 Å². The lowest BCUT2D eigenvalue weighted by Crippen LogP contribution is -2.30. The van der Waals surface area contributed by atoms with E-state index < -0.39 is 5.60 Å². The molecule has 1 saturated carbocycles. The molecule has 0 saturated heterocycles. The summed E-state index contributed by atoms with van der Waals surface area (Å²) in [6, 6.07) is 0. The Morgan fingerprint density at radius 1 is 1.31 bits per heavy atom. The zero-order valence-electron chi connectivity index (χ0n) is 10.2. The van der Waals surface area contributed by atoms with Crippen LogP contribution < -0.4 is 0 Å². The summed E-state index contributed by atoms with van der Waals surface area (Å²) in [7, 11) is 0. The van der Waals surface area contributed by atoms with Crippen LogP contribution in [0.25, 0.3) is 0 Å². The summed E-state index contributed by atoms with van der Waals surface area (Å²) in [6.07, 6.45) is 11.5. The first-order valence-electron chi connectivity index (χ1n) is 6.45. The van der Waals surface area contributed by atoms with E-state index in [1.54, 1.807) is 0 Å². The molecule has 0 radical (unpaired) electrons. The number of hydrogen-bond acceptors (Lipinski definition) is 2. The van der Waals surface area contributed by atoms with Crippen molar-refractivity contribution in [2.45, 2.75) is 64.0 Å². The van der Waals surface area contributed by atoms with E-state index in [2.05, 4.69) is 18.2 Å². The molecule has 90 valence electrons. The fraction of sp³-hybridized carbons (Fsp3) is 0.769. The monoisotopic (exact) mass is 222 g/mol. The molecule has 0 amide bonds. The number of rotatable bonds is 3. The Bertz CT molecular complexity index is 324. The van der Waals surface area contributed by atoms with E-state index in [-0.39, 0.29) is 0 Å². The van der Waals surface area contributed by atoms with Crippen molar-refractivity contribution in [2.75, 3.05) is 0 Å². The van der Waals surface area contributed by atoms with Crippen molar-refractivity contribution in [1.82, 2.24) is 9.78 Å². The van der Waals surface area contributed by atoms with Crippen LogP contribution in [-0.2, 0) is 13.0 Å². The third-order valence-electron chi connectivity index (χ3n) is 3.58. The summed E-state index contributed by atoms with van der Waals surface area (Å²) in [6.45, 7) is 2.98. The van der Waals surface area contributed by atoms with Gasteiger partial charge >= 0.3 is 0 Å². The van der Waals surface area contributed by atoms with Gasteiger partial charge in [0.05, 0.1) is 11.8 Å². The van der Waals surface area contributed by atoms with Crippen molar-refractivity contribution in [3.63, 3.8) is 0 Å². The SMILES string of the molecule is CCn1cc(CC2(O)CCCCCC2)cn1. The van der Waals surface area contributed by atoms with E-state index in [1.807, 2.05) is 10.9 Å². The Labute approximate surface area is 97.5 Å². The zero-order valence-corrected chi connectivity index (χ0v) is 10.2. The topological polar surface area (TPSA) is 38.0 Å². The van der Waals surface area contributed by atoms with Crippen molar-refractivity contribution in [3.8, 4) is 0 Å². The van der Waals surface area contributed by atoms with Crippen molar-refractivity contribution < 1.29 is 5.11 Å². The average Bonchev–Trinajstić information content (AvgIpc) is 2.60. The van der Waals surface area contributed by atoms with E-state index in [0.717, 1.165) is 25.8 Å². The maximum absolute atomic E-state index is 10.5. The highest BCUT2D eigenvalue weighted by molar-refractivity contribution is 5.08. The second kappa shape index (κ2) is 5.00. The van der Waals surface area contributed by atoms with Gasteiger partial charge in [0.2, 0.25) is 0 Å². The maximum Gasteiger partial charge on any atom is 0.0689 e. The van der Waals surface area contributed by atoms with E-state index in [4.69, 9.17) is 0 Å². The van der Waals surface area contributed by atoms with E-state index >= 15 is 0 Å². The Hall–Kier alpha value is -0.830. The Morgan fingerprint density at radius 2 is 2.00 bits per heavy atom. The molecule has 0 atom stereocenters. The van der Waals surface area contributed by atoms with Gasteiger partial charge in [-0.25, -0.2) is 0 Å². The quantitative estimate of drug-likeness (QED) is 0.798. The van der Waals surface area contributed by atoms with E-state index in [1.165, 1.54) is 31.2 Å². The minimum atomic E-state index is -0.474. The molecule has 2 rings (SSSR count). The van der Waals surface area contributed by atoms with E-state index in [0.29, 0.717) is 0 Å². The van der Waals surface area contributed by atoms with Gasteiger partial charge in [0.15, 0.2) is 0 Å². The smallest absolute Gasteiger partial charge is 0.0689 e. The molecule has 1 N–H and O–H groups in total. The van der Waals surface area contributed by atoms with Crippen molar-refractivity contribution >= 4 is 0 Å². The molecule has 1 heterocycles. The minimum absolute atomic E-state index is 0.474. The Morgan fingerprint density at radius 3 is 2.56 bits per heavy atom. The number of aliphatic hydroxyl groups is 1. The number of aryl methyl sites for hydroxylation is 1. The van der Waals surface area contributed by atoms with Gasteiger partial charge in [-0.05, 0) is 25.3 Å². The molecule has 3 heteroatoms. The lowest BCUT2D eigenvalue weighted by atomic mass is 9.88. The summed E-state index contributed by atoms with van der Waals surface area (Å²) in [5.41, 5.74) is 0.698. The molecule has 1 aromatic heterocycles. The molecule has 3 nitrogen and oxygen atoms in total. The normalized spacial score (nSPS) is 20.6. The molecule has 1 fully saturated rings. The van der Waals surface area contributed by atoms with Crippen molar-refractivity contribution in [2.24, 2.45) is 0 Å². The second-order valence-corrected chi connectivity index (χ2v) is 5.02. The van der Waals surface area contributed by atoms with Gasteiger partial charge in [0, 0.05) is 19.2 Å². The maximum atomic E-state index is 10.5. The van der Waals surface area contributed by atoms with Crippen LogP contribution in [0.5, 0.6) is 0 Å². The van der Waals surface area contributed by atoms with Gasteiger partial charge in [0.25, 0.3) is 0 Å². The van der Waals surface area contributed by atoms with Crippen LogP contribution in [0.4, 0.5) is 0 Å². The standard InChI is InChI=1S/C13H22N2O/c1-2-15-11-12(10-14-15)9-13(16)7-5-3-4-6-8-13/h10-11,16H,2-9H2,1H3. The van der Waals surface area contributed by atoms with Crippen LogP contribution in [0.2, 0.25) is 0 Å². The fourth-order valence-electron chi connectivity index (χ4n) is 2.61. The first-order valence-corrected chi connectivity index (χ1v) is 6.45. The van der Waals surface area contributed by atoms with Crippen molar-refractivity contribution in [1.29, 1.82) is 0 Å². The highest BCUT2D eigenvalue weighted by Crippen LogP contribution is 2.29. The largest absolute Gasteiger partial charge is 0.390 e. The highest BCUT2D eigenvalue weighted by atomic mass is 16.3. The first kappa shape index (κ1) is 11.6. The number of hydrogen-bond donors (Lipinski definition) is 1. The second-order valence-electron chi connectivity index (χ2n) is 5.02. The number of nitrogens with zero attached hydrogens (tertiary/aromatic N) is 2. The highest BCUT2D eigenvalue weighted by Gasteiger charge is 2.28. The van der Waals surface area contributed by atoms with Crippen LogP contribution in [0.3, 0.4) is 0 Å². The average molecular weight is 222 g/mol. The molecule has 0 spiro atoms. The van der Waals surface area contributed by atoms with Crippen LogP contribution in [0.15, 0.2) is 12.4 Å². The lowest BCUT2D eigenvalue weighted by molar-refractivity contribution is 0.0252. The van der Waals surface area contributed by atoms with Gasteiger partial charge < -0.3 is 5.11 Å². The van der Waals surface area contributed by atoms with Gasteiger partial charge in [-0.2, -0.15) is 5.10 Å². The van der Waals surface area contributed by atoms with Gasteiger partial charge in [-0.15, -0.1) is 0 Å². The molecular weight excluding hydrogens is 200 g/mol. The van der Waals surface area contributed by atoms with Crippen LogP contribution in [0.1, 0.15) is 51.0 Å². The van der Waals surface area contributed by atoms with Crippen LogP contribution in [0, 0.1) is 0 Å². The molecule has 0 unspecified atom stereocenters. The van der Waals surface area contributed by atoms with Crippen molar-refractivity contribution in [3.05, 3.63) is 18.0 Å². The summed E-state index contributed by atoms with van der Waals surface area (Å²) in [5, 5.41) is 14.8. The molecule has 0 aromatic carbocycles. The minimum Gasteiger partial charge on any atom is -0.390 e. The summed E-state index contributed by atoms with van der Waals surface area (Å²) >= 11 is 0. The summed E-state index contributed by atoms with van der Waals surface area (Å²) in [5.74, 6) is 0. The molecule has 16 heavy (non-hydrogen) atoms. The third kappa shape index (κ3) is 2.85. The molecular formula is C13H22N2O. The molecule has 1 aliphatic carbocycles. The summed E-state index contributed by atoms with van der Waals surface area (Å²) < 4.78 is 1.93. The lowest BCUT2D eigenvalue weighted by Gasteiger charge is -2.25. The van der Waals surface area contributed by atoms with Gasteiger partial charge in [-0.3, -0.25) is 4.68 Å². The van der Waals surface area contributed by atoms with Crippen LogP contribution in [-0.4, -0.2) is 20.5 Å². The molecule has 0 aliphatic heterocycles. The fourth-order valence-corrected chi connectivity index (χ4v) is 2.61. The van der Waals surface area contributed by atoms with Gasteiger partial charge in [0.1, 0.15) is 0 Å². The number of aromatic nitrogens is 2. The Balaban J connectivity index is 2.00. The van der Waals surface area contributed by atoms with Crippen LogP contribution >= 0.6 is 0 Å². The Kier molecular flexibility index (Phi) is 3.64.